The summed E-state index contributed by atoms with van der Waals surface area (Å²) < 4.78 is 1.46. The molecule has 0 atom stereocenters. The van der Waals surface area contributed by atoms with E-state index >= 15 is 0 Å². The molecular formula is C8H19OZr. The van der Waals surface area contributed by atoms with Crippen molar-refractivity contribution in [1.82, 2.24) is 0 Å². The minimum atomic E-state index is 0. The van der Waals surface area contributed by atoms with E-state index in [1.807, 2.05) is 0 Å². The fourth-order valence-electron chi connectivity index (χ4n) is 0.905. The van der Waals surface area contributed by atoms with Crippen molar-refractivity contribution < 1.29 is 30.2 Å². The van der Waals surface area contributed by atoms with Gasteiger partial charge in [0.15, 0.2) is 0 Å². The minimum Gasteiger partial charge on any atom is -0.412 e. The summed E-state index contributed by atoms with van der Waals surface area (Å²) in [6.07, 6.45) is 8.71. The van der Waals surface area contributed by atoms with Gasteiger partial charge in [0.1, 0.15) is 0 Å². The molecular weight excluding hydrogens is 203 g/mol. The van der Waals surface area contributed by atoms with Gasteiger partial charge in [0.25, 0.3) is 0 Å². The van der Waals surface area contributed by atoms with Gasteiger partial charge in [-0.25, -0.2) is 0 Å². The van der Waals surface area contributed by atoms with Crippen LogP contribution in [0.1, 0.15) is 45.4 Å². The molecule has 0 saturated heterocycles. The van der Waals surface area contributed by atoms with Crippen LogP contribution in [0.15, 0.2) is 0 Å². The molecule has 0 fully saturated rings. The smallest absolute Gasteiger partial charge is 0.412 e. The number of hydrogen-bond donors (Lipinski definition) is 0. The Labute approximate surface area is 79.7 Å². The second kappa shape index (κ2) is 12.5. The predicted octanol–water partition coefficient (Wildman–Crippen LogP) is 2.49. The van der Waals surface area contributed by atoms with E-state index < -0.39 is 0 Å². The van der Waals surface area contributed by atoms with E-state index in [-0.39, 0.29) is 5.48 Å². The second-order valence-electron chi connectivity index (χ2n) is 2.52. The Morgan fingerprint density at radius 2 is 1.40 bits per heavy atom. The zero-order valence-corrected chi connectivity index (χ0v) is 9.41. The molecule has 0 bridgehead atoms. The Balaban J connectivity index is 0. The molecule has 0 aromatic rings. The molecule has 0 spiro atoms. The molecule has 0 aliphatic carbocycles. The summed E-state index contributed by atoms with van der Waals surface area (Å²) in [6, 6.07) is 0. The first-order valence-electron chi connectivity index (χ1n) is 4.06. The Morgan fingerprint density at radius 1 is 0.900 bits per heavy atom. The summed E-state index contributed by atoms with van der Waals surface area (Å²) >= 11 is 1.71. The molecule has 0 amide bonds. The van der Waals surface area contributed by atoms with E-state index in [1.54, 1.807) is 24.7 Å². The van der Waals surface area contributed by atoms with Gasteiger partial charge in [0.2, 0.25) is 0 Å². The first-order chi connectivity index (χ1) is 4.41. The first kappa shape index (κ1) is 13.4. The van der Waals surface area contributed by atoms with Crippen LogP contribution in [0.2, 0.25) is 4.13 Å². The fraction of sp³-hybridized carbons (Fsp3) is 1.00. The Hall–Kier alpha value is 0.843. The van der Waals surface area contributed by atoms with Crippen molar-refractivity contribution in [2.75, 3.05) is 0 Å². The van der Waals surface area contributed by atoms with Crippen LogP contribution in [0.4, 0.5) is 0 Å². The van der Waals surface area contributed by atoms with Gasteiger partial charge in [-0.2, -0.15) is 0 Å². The van der Waals surface area contributed by atoms with Crippen molar-refractivity contribution in [3.05, 3.63) is 0 Å². The minimum absolute atomic E-state index is 0. The quantitative estimate of drug-likeness (QED) is 0.619. The van der Waals surface area contributed by atoms with E-state index in [1.165, 1.54) is 42.7 Å². The van der Waals surface area contributed by atoms with Crippen molar-refractivity contribution >= 4 is 0 Å². The van der Waals surface area contributed by atoms with E-state index in [0.717, 1.165) is 0 Å². The summed E-state index contributed by atoms with van der Waals surface area (Å²) in [6.45, 7) is 2.27. The standard InChI is InChI=1S/C8H17.H2O.Zr/c1-3-5-7-8-6-4-2;;/h1,3-8H2,2H3;1H2;. The third kappa shape index (κ3) is 11.6. The van der Waals surface area contributed by atoms with Crippen molar-refractivity contribution in [2.45, 2.75) is 49.6 Å². The van der Waals surface area contributed by atoms with Crippen LogP contribution in [-0.2, 0) is 24.7 Å². The zero-order chi connectivity index (χ0) is 6.95. The average Bonchev–Trinajstić information content (AvgIpc) is 1.89. The van der Waals surface area contributed by atoms with Crippen LogP contribution in [0.3, 0.4) is 0 Å². The molecule has 0 rings (SSSR count). The molecule has 1 nitrogen and oxygen atoms in total. The summed E-state index contributed by atoms with van der Waals surface area (Å²) in [5.74, 6) is 0. The van der Waals surface area contributed by atoms with Crippen LogP contribution in [0.25, 0.3) is 0 Å². The van der Waals surface area contributed by atoms with Gasteiger partial charge in [-0.3, -0.25) is 0 Å². The number of hydrogen-bond acceptors (Lipinski definition) is 0. The topological polar surface area (TPSA) is 31.5 Å². The van der Waals surface area contributed by atoms with Gasteiger partial charge in [-0.1, -0.05) is 0 Å². The molecule has 61 valence electrons. The number of unbranched alkanes of at least 4 members (excludes halogenated alkanes) is 5. The summed E-state index contributed by atoms with van der Waals surface area (Å²) in [5.41, 5.74) is 0. The third-order valence-electron chi connectivity index (χ3n) is 1.53. The van der Waals surface area contributed by atoms with Crippen LogP contribution in [0.5, 0.6) is 0 Å². The molecule has 0 saturated carbocycles. The van der Waals surface area contributed by atoms with Crippen molar-refractivity contribution in [3.8, 4) is 0 Å². The van der Waals surface area contributed by atoms with E-state index in [9.17, 15) is 0 Å². The van der Waals surface area contributed by atoms with Crippen LogP contribution in [0, 0.1) is 0 Å². The van der Waals surface area contributed by atoms with E-state index in [0.29, 0.717) is 0 Å². The maximum Gasteiger partial charge on any atom is -0.412 e. The summed E-state index contributed by atoms with van der Waals surface area (Å²) in [7, 11) is 0. The van der Waals surface area contributed by atoms with Crippen LogP contribution in [-0.4, -0.2) is 5.48 Å². The molecule has 0 aliphatic rings. The molecule has 0 radical (unpaired) electrons. The van der Waals surface area contributed by atoms with Crippen LogP contribution < -0.4 is 0 Å². The SMILES string of the molecule is CCCCCCC[CH2][Zr].O. The van der Waals surface area contributed by atoms with Gasteiger partial charge < -0.3 is 5.48 Å². The maximum absolute atomic E-state index is 2.27. The molecule has 2 heteroatoms. The molecule has 0 aromatic heterocycles. The largest absolute Gasteiger partial charge is 0.412 e. The van der Waals surface area contributed by atoms with Crippen molar-refractivity contribution in [1.29, 1.82) is 0 Å². The van der Waals surface area contributed by atoms with E-state index in [2.05, 4.69) is 6.92 Å². The summed E-state index contributed by atoms with van der Waals surface area (Å²) in [4.78, 5) is 0. The zero-order valence-electron chi connectivity index (χ0n) is 6.95. The number of rotatable bonds is 6. The first-order valence-corrected chi connectivity index (χ1v) is 5.80. The van der Waals surface area contributed by atoms with Crippen molar-refractivity contribution in [2.24, 2.45) is 0 Å². The third-order valence-corrected chi connectivity index (χ3v) is 2.40. The fourth-order valence-corrected chi connectivity index (χ4v) is 1.52. The van der Waals surface area contributed by atoms with Crippen molar-refractivity contribution in [3.63, 3.8) is 0 Å². The van der Waals surface area contributed by atoms with Crippen LogP contribution >= 0.6 is 0 Å². The molecule has 0 unspecified atom stereocenters. The predicted molar refractivity (Wildman–Crippen MR) is 41.8 cm³/mol. The van der Waals surface area contributed by atoms with Gasteiger partial charge in [-0.15, -0.1) is 0 Å². The molecule has 0 aliphatic heterocycles. The second-order valence-corrected chi connectivity index (χ2v) is 3.75. The molecule has 10 heavy (non-hydrogen) atoms. The molecule has 0 aromatic carbocycles. The maximum atomic E-state index is 2.27. The molecule has 0 heterocycles. The average molecular weight is 222 g/mol. The normalized spacial score (nSPS) is 8.80. The van der Waals surface area contributed by atoms with Gasteiger partial charge in [0.05, 0.1) is 0 Å². The van der Waals surface area contributed by atoms with E-state index in [4.69, 9.17) is 0 Å². The van der Waals surface area contributed by atoms with Gasteiger partial charge in [-0.05, 0) is 0 Å². The Kier molecular flexibility index (Phi) is 16.8. The summed E-state index contributed by atoms with van der Waals surface area (Å²) in [5, 5.41) is 0. The molecule has 2 N–H and O–H groups in total. The van der Waals surface area contributed by atoms with Gasteiger partial charge in [0, 0.05) is 0 Å². The Bertz CT molecular complexity index is 42.5. The van der Waals surface area contributed by atoms with Gasteiger partial charge >= 0.3 is 74.3 Å². The Morgan fingerprint density at radius 3 is 1.90 bits per heavy atom. The monoisotopic (exact) mass is 221 g/mol.